The molecule has 0 fully saturated rings. The van der Waals surface area contributed by atoms with E-state index in [0.717, 1.165) is 11.1 Å². The number of allylic oxidation sites excluding steroid dienone is 2. The van der Waals surface area contributed by atoms with Gasteiger partial charge in [-0.1, -0.05) is 12.1 Å². The van der Waals surface area contributed by atoms with E-state index in [-0.39, 0.29) is 11.6 Å². The van der Waals surface area contributed by atoms with Crippen molar-refractivity contribution >= 4 is 17.3 Å². The molecule has 1 heterocycles. The average Bonchev–Trinajstić information content (AvgIpc) is 3.08. The Morgan fingerprint density at radius 1 is 1.26 bits per heavy atom. The number of ketones is 1. The molecule has 0 saturated carbocycles. The van der Waals surface area contributed by atoms with Crippen LogP contribution in [0.5, 0.6) is 0 Å². The number of ether oxygens (including phenoxy) is 1. The van der Waals surface area contributed by atoms with Gasteiger partial charge >= 0.3 is 5.97 Å². The van der Waals surface area contributed by atoms with E-state index in [1.807, 2.05) is 0 Å². The first kappa shape index (κ1) is 15.2. The van der Waals surface area contributed by atoms with E-state index in [4.69, 9.17) is 9.15 Å². The highest BCUT2D eigenvalue weighted by molar-refractivity contribution is 6.10. The fourth-order valence-electron chi connectivity index (χ4n) is 2.91. The molecule has 23 heavy (non-hydrogen) atoms. The minimum absolute atomic E-state index is 0.330. The van der Waals surface area contributed by atoms with Gasteiger partial charge in [0.15, 0.2) is 5.78 Å². The number of furan rings is 1. The van der Waals surface area contributed by atoms with E-state index in [9.17, 15) is 14.0 Å². The highest BCUT2D eigenvalue weighted by Gasteiger charge is 2.40. The van der Waals surface area contributed by atoms with Gasteiger partial charge in [-0.3, -0.25) is 9.59 Å². The van der Waals surface area contributed by atoms with Gasteiger partial charge in [-0.15, -0.1) is 0 Å². The maximum absolute atomic E-state index is 13.1. The third-order valence-electron chi connectivity index (χ3n) is 4.04. The molecule has 0 spiro atoms. The van der Waals surface area contributed by atoms with Crippen molar-refractivity contribution in [3.63, 3.8) is 0 Å². The first-order valence-corrected chi connectivity index (χ1v) is 7.21. The summed E-state index contributed by atoms with van der Waals surface area (Å²) in [5.74, 6) is -2.05. The van der Waals surface area contributed by atoms with Crippen LogP contribution in [0.2, 0.25) is 0 Å². The average molecular weight is 314 g/mol. The van der Waals surface area contributed by atoms with Gasteiger partial charge < -0.3 is 9.15 Å². The fraction of sp³-hybridized carbons (Fsp3) is 0.222. The zero-order chi connectivity index (χ0) is 16.4. The molecular formula is C18H15FO4. The fourth-order valence-corrected chi connectivity index (χ4v) is 2.91. The van der Waals surface area contributed by atoms with Crippen LogP contribution in [-0.4, -0.2) is 18.9 Å². The third-order valence-corrected chi connectivity index (χ3v) is 4.04. The lowest BCUT2D eigenvalue weighted by molar-refractivity contribution is -0.149. The van der Waals surface area contributed by atoms with E-state index in [1.54, 1.807) is 24.3 Å². The Bertz CT molecular complexity index is 744. The van der Waals surface area contributed by atoms with E-state index in [0.29, 0.717) is 12.2 Å². The summed E-state index contributed by atoms with van der Waals surface area (Å²) in [5, 5.41) is 0. The molecule has 0 N–H and O–H groups in total. The maximum Gasteiger partial charge on any atom is 0.317 e. The van der Waals surface area contributed by atoms with Gasteiger partial charge in [-0.25, -0.2) is 4.39 Å². The highest BCUT2D eigenvalue weighted by atomic mass is 19.1. The summed E-state index contributed by atoms with van der Waals surface area (Å²) < 4.78 is 23.2. The number of halogens is 1. The molecule has 0 aliphatic heterocycles. The molecule has 2 aromatic rings. The monoisotopic (exact) mass is 314 g/mol. The zero-order valence-corrected chi connectivity index (χ0v) is 12.5. The van der Waals surface area contributed by atoms with Crippen LogP contribution in [0.3, 0.4) is 0 Å². The summed E-state index contributed by atoms with van der Waals surface area (Å²) in [7, 11) is 1.26. The smallest absolute Gasteiger partial charge is 0.317 e. The van der Waals surface area contributed by atoms with Crippen LogP contribution in [0.1, 0.15) is 23.7 Å². The Kier molecular flexibility index (Phi) is 4.10. The van der Waals surface area contributed by atoms with Crippen molar-refractivity contribution < 1.29 is 23.1 Å². The molecule has 118 valence electrons. The minimum atomic E-state index is -0.921. The highest BCUT2D eigenvalue weighted by Crippen LogP contribution is 2.40. The molecular weight excluding hydrogens is 299 g/mol. The summed E-state index contributed by atoms with van der Waals surface area (Å²) in [5.41, 5.74) is 1.50. The molecule has 0 amide bonds. The number of carbonyl (C=O) groups excluding carboxylic acids is 2. The minimum Gasteiger partial charge on any atom is -0.469 e. The second kappa shape index (κ2) is 6.20. The van der Waals surface area contributed by atoms with Crippen LogP contribution in [-0.2, 0) is 14.3 Å². The van der Waals surface area contributed by atoms with Crippen molar-refractivity contribution in [1.29, 1.82) is 0 Å². The number of carbonyl (C=O) groups is 2. The number of benzene rings is 1. The first-order valence-electron chi connectivity index (χ1n) is 7.21. The maximum atomic E-state index is 13.1. The van der Waals surface area contributed by atoms with Crippen LogP contribution in [0.15, 0.2) is 53.2 Å². The Hall–Kier alpha value is -2.69. The SMILES string of the molecule is COC(=O)C1C(=O)C=C(c2ccc(F)cc2)CC1c1ccco1. The quantitative estimate of drug-likeness (QED) is 0.644. The molecule has 3 rings (SSSR count). The molecule has 2 atom stereocenters. The molecule has 1 aromatic heterocycles. The van der Waals surface area contributed by atoms with Gasteiger partial charge in [0, 0.05) is 5.92 Å². The number of esters is 1. The van der Waals surface area contributed by atoms with E-state index >= 15 is 0 Å². The molecule has 5 heteroatoms. The van der Waals surface area contributed by atoms with Crippen molar-refractivity contribution in [3.05, 3.63) is 65.9 Å². The Labute approximate surface area is 132 Å². The molecule has 1 aliphatic carbocycles. The second-order valence-electron chi connectivity index (χ2n) is 5.41. The second-order valence-corrected chi connectivity index (χ2v) is 5.41. The van der Waals surface area contributed by atoms with Crippen molar-refractivity contribution in [2.45, 2.75) is 12.3 Å². The number of hydrogen-bond donors (Lipinski definition) is 0. The van der Waals surface area contributed by atoms with Crippen LogP contribution < -0.4 is 0 Å². The Morgan fingerprint density at radius 3 is 2.61 bits per heavy atom. The lowest BCUT2D eigenvalue weighted by atomic mass is 9.76. The summed E-state index contributed by atoms with van der Waals surface area (Å²) in [6.45, 7) is 0. The summed E-state index contributed by atoms with van der Waals surface area (Å²) >= 11 is 0. The number of hydrogen-bond acceptors (Lipinski definition) is 4. The summed E-state index contributed by atoms with van der Waals surface area (Å²) in [6, 6.07) is 9.37. The van der Waals surface area contributed by atoms with E-state index < -0.39 is 17.8 Å². The molecule has 4 nitrogen and oxygen atoms in total. The summed E-state index contributed by atoms with van der Waals surface area (Å²) in [6.07, 6.45) is 3.38. The lowest BCUT2D eigenvalue weighted by Crippen LogP contribution is -2.33. The van der Waals surface area contributed by atoms with Crippen molar-refractivity contribution in [2.75, 3.05) is 7.11 Å². The standard InChI is InChI=1S/C18H15FO4/c1-22-18(21)17-14(16-3-2-8-23-16)9-12(10-15(17)20)11-4-6-13(19)7-5-11/h2-8,10,14,17H,9H2,1H3. The molecule has 2 unspecified atom stereocenters. The molecule has 1 aromatic carbocycles. The van der Waals surface area contributed by atoms with Crippen LogP contribution >= 0.6 is 0 Å². The lowest BCUT2D eigenvalue weighted by Gasteiger charge is -2.27. The van der Waals surface area contributed by atoms with Gasteiger partial charge in [0.1, 0.15) is 17.5 Å². The van der Waals surface area contributed by atoms with Crippen molar-refractivity contribution in [1.82, 2.24) is 0 Å². The predicted octanol–water partition coefficient (Wildman–Crippen LogP) is 3.35. The Balaban J connectivity index is 2.00. The summed E-state index contributed by atoms with van der Waals surface area (Å²) in [4.78, 5) is 24.5. The first-order chi connectivity index (χ1) is 11.1. The van der Waals surface area contributed by atoms with Gasteiger partial charge in [0.2, 0.25) is 0 Å². The predicted molar refractivity (Wildman–Crippen MR) is 81.0 cm³/mol. The van der Waals surface area contributed by atoms with Gasteiger partial charge in [-0.2, -0.15) is 0 Å². The largest absolute Gasteiger partial charge is 0.469 e. The Morgan fingerprint density at radius 2 is 2.00 bits per heavy atom. The zero-order valence-electron chi connectivity index (χ0n) is 12.5. The molecule has 0 bridgehead atoms. The van der Waals surface area contributed by atoms with Crippen molar-refractivity contribution in [2.24, 2.45) is 5.92 Å². The molecule has 0 saturated heterocycles. The van der Waals surface area contributed by atoms with Crippen LogP contribution in [0, 0.1) is 11.7 Å². The molecule has 1 aliphatic rings. The van der Waals surface area contributed by atoms with Gasteiger partial charge in [0.25, 0.3) is 0 Å². The van der Waals surface area contributed by atoms with E-state index in [1.165, 1.54) is 31.6 Å². The third kappa shape index (κ3) is 2.95. The normalized spacial score (nSPS) is 21.0. The van der Waals surface area contributed by atoms with Gasteiger partial charge in [0.05, 0.1) is 13.4 Å². The topological polar surface area (TPSA) is 56.5 Å². The number of methoxy groups -OCH3 is 1. The molecule has 0 radical (unpaired) electrons. The van der Waals surface area contributed by atoms with Crippen LogP contribution in [0.4, 0.5) is 4.39 Å². The van der Waals surface area contributed by atoms with Crippen molar-refractivity contribution in [3.8, 4) is 0 Å². The van der Waals surface area contributed by atoms with Crippen LogP contribution in [0.25, 0.3) is 5.57 Å². The number of rotatable bonds is 3. The van der Waals surface area contributed by atoms with Gasteiger partial charge in [-0.05, 0) is 47.9 Å². The van der Waals surface area contributed by atoms with E-state index in [2.05, 4.69) is 0 Å².